The highest BCUT2D eigenvalue weighted by Gasteiger charge is 2.30. The average molecular weight is 276 g/mol. The van der Waals surface area contributed by atoms with E-state index in [0.717, 1.165) is 25.7 Å². The fraction of sp³-hybridized carbons (Fsp3) is 0.538. The lowest BCUT2D eigenvalue weighted by Gasteiger charge is -2.25. The van der Waals surface area contributed by atoms with Gasteiger partial charge in [-0.3, -0.25) is 0 Å². The molecule has 1 aromatic carbocycles. The molecule has 2 rings (SSSR count). The van der Waals surface area contributed by atoms with Crippen LogP contribution in [0.5, 0.6) is 5.75 Å². The van der Waals surface area contributed by atoms with Crippen LogP contribution in [-0.4, -0.2) is 16.3 Å². The zero-order chi connectivity index (χ0) is 12.4. The standard InChI is InChI=1S/C13H18FNO2.ClH/c14-10-7-3-6-9(13(10)17)11(15)12(16)8-4-1-2-5-8;/h3,6-8,11-12,16-17H,1-2,4-5,15H2;1H/t11-,12+;/m1./s1. The fourth-order valence-electron chi connectivity index (χ4n) is 2.58. The van der Waals surface area contributed by atoms with Crippen molar-refractivity contribution in [2.24, 2.45) is 11.7 Å². The van der Waals surface area contributed by atoms with E-state index in [1.54, 1.807) is 6.07 Å². The molecule has 18 heavy (non-hydrogen) atoms. The van der Waals surface area contributed by atoms with Crippen molar-refractivity contribution >= 4 is 12.4 Å². The Morgan fingerprint density at radius 1 is 1.28 bits per heavy atom. The second-order valence-corrected chi connectivity index (χ2v) is 4.74. The molecule has 4 N–H and O–H groups in total. The van der Waals surface area contributed by atoms with Gasteiger partial charge in [-0.25, -0.2) is 4.39 Å². The largest absolute Gasteiger partial charge is 0.505 e. The van der Waals surface area contributed by atoms with Gasteiger partial charge in [-0.15, -0.1) is 12.4 Å². The molecule has 1 aromatic rings. The zero-order valence-electron chi connectivity index (χ0n) is 10.1. The molecule has 0 bridgehead atoms. The van der Waals surface area contributed by atoms with E-state index in [1.165, 1.54) is 12.1 Å². The first-order chi connectivity index (χ1) is 8.11. The lowest BCUT2D eigenvalue weighted by Crippen LogP contribution is -2.32. The average Bonchev–Trinajstić information content (AvgIpc) is 2.84. The number of phenols is 1. The molecule has 0 unspecified atom stereocenters. The minimum absolute atomic E-state index is 0. The van der Waals surface area contributed by atoms with Crippen LogP contribution in [0.4, 0.5) is 4.39 Å². The molecule has 0 aliphatic heterocycles. The molecular weight excluding hydrogens is 257 g/mol. The Bertz CT molecular complexity index is 397. The molecule has 0 heterocycles. The maximum atomic E-state index is 13.2. The Kier molecular flexibility index (Phi) is 5.38. The molecule has 102 valence electrons. The number of benzene rings is 1. The molecule has 1 aliphatic carbocycles. The summed E-state index contributed by atoms with van der Waals surface area (Å²) in [5.74, 6) is -0.985. The first-order valence-electron chi connectivity index (χ1n) is 6.02. The van der Waals surface area contributed by atoms with E-state index >= 15 is 0 Å². The second kappa shape index (κ2) is 6.36. The van der Waals surface area contributed by atoms with Crippen LogP contribution < -0.4 is 5.73 Å². The minimum Gasteiger partial charge on any atom is -0.505 e. The maximum absolute atomic E-state index is 13.2. The van der Waals surface area contributed by atoms with Gasteiger partial charge in [0.15, 0.2) is 11.6 Å². The number of phenolic OH excluding ortho intramolecular Hbond substituents is 1. The van der Waals surface area contributed by atoms with Crippen LogP contribution in [0.25, 0.3) is 0 Å². The summed E-state index contributed by atoms with van der Waals surface area (Å²) in [6.45, 7) is 0. The van der Waals surface area contributed by atoms with Crippen molar-refractivity contribution in [3.63, 3.8) is 0 Å². The summed E-state index contributed by atoms with van der Waals surface area (Å²) >= 11 is 0. The van der Waals surface area contributed by atoms with Crippen LogP contribution in [0.1, 0.15) is 37.3 Å². The topological polar surface area (TPSA) is 66.5 Å². The second-order valence-electron chi connectivity index (χ2n) is 4.74. The first kappa shape index (κ1) is 15.2. The highest BCUT2D eigenvalue weighted by atomic mass is 35.5. The van der Waals surface area contributed by atoms with E-state index in [9.17, 15) is 14.6 Å². The third-order valence-electron chi connectivity index (χ3n) is 3.63. The minimum atomic E-state index is -0.728. The third kappa shape index (κ3) is 2.94. The monoisotopic (exact) mass is 275 g/mol. The van der Waals surface area contributed by atoms with Crippen LogP contribution in [-0.2, 0) is 0 Å². The Balaban J connectivity index is 0.00000162. The Morgan fingerprint density at radius 2 is 1.89 bits per heavy atom. The number of aromatic hydroxyl groups is 1. The van der Waals surface area contributed by atoms with Gasteiger partial charge in [0.05, 0.1) is 12.1 Å². The Morgan fingerprint density at radius 3 is 2.50 bits per heavy atom. The number of aliphatic hydroxyl groups is 1. The number of hydrogen-bond acceptors (Lipinski definition) is 3. The molecular formula is C13H19ClFNO2. The Hall–Kier alpha value is -0.840. The van der Waals surface area contributed by atoms with E-state index in [0.29, 0.717) is 0 Å². The van der Waals surface area contributed by atoms with Gasteiger partial charge in [0.2, 0.25) is 0 Å². The lowest BCUT2D eigenvalue weighted by atomic mass is 9.90. The van der Waals surface area contributed by atoms with Crippen molar-refractivity contribution in [1.29, 1.82) is 0 Å². The predicted octanol–water partition coefficient (Wildman–Crippen LogP) is 2.50. The van der Waals surface area contributed by atoms with Gasteiger partial charge in [-0.1, -0.05) is 25.0 Å². The van der Waals surface area contributed by atoms with Crippen molar-refractivity contribution in [2.45, 2.75) is 37.8 Å². The van der Waals surface area contributed by atoms with Gasteiger partial charge < -0.3 is 15.9 Å². The summed E-state index contributed by atoms with van der Waals surface area (Å²) in [6, 6.07) is 3.49. The molecule has 0 spiro atoms. The van der Waals surface area contributed by atoms with Crippen molar-refractivity contribution in [3.05, 3.63) is 29.6 Å². The zero-order valence-corrected chi connectivity index (χ0v) is 10.9. The summed E-state index contributed by atoms with van der Waals surface area (Å²) in [5, 5.41) is 19.7. The summed E-state index contributed by atoms with van der Waals surface area (Å²) in [7, 11) is 0. The van der Waals surface area contributed by atoms with Gasteiger partial charge in [0.1, 0.15) is 0 Å². The molecule has 3 nitrogen and oxygen atoms in total. The van der Waals surface area contributed by atoms with Gasteiger partial charge in [0.25, 0.3) is 0 Å². The quantitative estimate of drug-likeness (QED) is 0.794. The third-order valence-corrected chi connectivity index (χ3v) is 3.63. The van der Waals surface area contributed by atoms with Crippen molar-refractivity contribution in [3.8, 4) is 5.75 Å². The van der Waals surface area contributed by atoms with Crippen LogP contribution >= 0.6 is 12.4 Å². The van der Waals surface area contributed by atoms with Gasteiger partial charge >= 0.3 is 0 Å². The summed E-state index contributed by atoms with van der Waals surface area (Å²) < 4.78 is 13.2. The normalized spacial score (nSPS) is 19.3. The van der Waals surface area contributed by atoms with Gasteiger partial charge in [0, 0.05) is 5.56 Å². The number of halogens is 2. The number of nitrogens with two attached hydrogens (primary N) is 1. The first-order valence-corrected chi connectivity index (χ1v) is 6.02. The Labute approximate surface area is 112 Å². The van der Waals surface area contributed by atoms with Crippen LogP contribution in [0.15, 0.2) is 18.2 Å². The molecule has 0 amide bonds. The highest BCUT2D eigenvalue weighted by molar-refractivity contribution is 5.85. The fourth-order valence-corrected chi connectivity index (χ4v) is 2.58. The molecule has 0 radical (unpaired) electrons. The number of aliphatic hydroxyl groups excluding tert-OH is 1. The smallest absolute Gasteiger partial charge is 0.165 e. The van der Waals surface area contributed by atoms with Crippen molar-refractivity contribution in [1.82, 2.24) is 0 Å². The van der Waals surface area contributed by atoms with E-state index in [2.05, 4.69) is 0 Å². The van der Waals surface area contributed by atoms with Crippen LogP contribution in [0.3, 0.4) is 0 Å². The molecule has 0 aromatic heterocycles. The summed E-state index contributed by atoms with van der Waals surface area (Å²) in [6.07, 6.45) is 3.38. The molecule has 1 saturated carbocycles. The van der Waals surface area contributed by atoms with Crippen molar-refractivity contribution in [2.75, 3.05) is 0 Å². The predicted molar refractivity (Wildman–Crippen MR) is 70.2 cm³/mol. The molecule has 2 atom stereocenters. The van der Waals surface area contributed by atoms with E-state index in [1.807, 2.05) is 0 Å². The highest BCUT2D eigenvalue weighted by Crippen LogP contribution is 2.35. The SMILES string of the molecule is Cl.N[C@H](c1cccc(F)c1O)[C@@H](O)C1CCCC1. The van der Waals surface area contributed by atoms with Crippen LogP contribution in [0, 0.1) is 11.7 Å². The molecule has 0 saturated heterocycles. The summed E-state index contributed by atoms with van der Waals surface area (Å²) in [4.78, 5) is 0. The van der Waals surface area contributed by atoms with E-state index in [-0.39, 0.29) is 23.9 Å². The number of para-hydroxylation sites is 1. The van der Waals surface area contributed by atoms with Crippen LogP contribution in [0.2, 0.25) is 0 Å². The molecule has 1 fully saturated rings. The van der Waals surface area contributed by atoms with Gasteiger partial charge in [-0.05, 0) is 24.8 Å². The van der Waals surface area contributed by atoms with E-state index < -0.39 is 23.7 Å². The number of rotatable bonds is 3. The lowest BCUT2D eigenvalue weighted by molar-refractivity contribution is 0.0834. The van der Waals surface area contributed by atoms with E-state index in [4.69, 9.17) is 5.73 Å². The summed E-state index contributed by atoms with van der Waals surface area (Å²) in [5.41, 5.74) is 6.19. The molecule has 5 heteroatoms. The van der Waals surface area contributed by atoms with Gasteiger partial charge in [-0.2, -0.15) is 0 Å². The number of hydrogen-bond donors (Lipinski definition) is 3. The maximum Gasteiger partial charge on any atom is 0.165 e. The van der Waals surface area contributed by atoms with Crippen molar-refractivity contribution < 1.29 is 14.6 Å². The molecule has 1 aliphatic rings.